The van der Waals surface area contributed by atoms with Crippen molar-refractivity contribution in [3.8, 4) is 0 Å². The number of carbonyl (C=O) groups excluding carboxylic acids is 1. The van der Waals surface area contributed by atoms with Crippen LogP contribution in [-0.2, 0) is 4.74 Å². The molecule has 1 saturated heterocycles. The maximum atomic E-state index is 13.1. The SMILES string of the molecule is Cl.O=C(c1ccc(Br)o1)N(CCCN1CCOCC1)c1nc2c(Cl)cccc2s1. The van der Waals surface area contributed by atoms with Crippen LogP contribution in [0.1, 0.15) is 17.0 Å². The van der Waals surface area contributed by atoms with Gasteiger partial charge in [-0.25, -0.2) is 4.98 Å². The summed E-state index contributed by atoms with van der Waals surface area (Å²) in [6, 6.07) is 9.04. The molecule has 1 aliphatic heterocycles. The van der Waals surface area contributed by atoms with Gasteiger partial charge in [0, 0.05) is 26.2 Å². The molecule has 2 aromatic heterocycles. The van der Waals surface area contributed by atoms with Gasteiger partial charge >= 0.3 is 0 Å². The molecule has 3 heterocycles. The van der Waals surface area contributed by atoms with E-state index in [0.717, 1.165) is 49.5 Å². The number of thiazole rings is 1. The highest BCUT2D eigenvalue weighted by Gasteiger charge is 2.24. The van der Waals surface area contributed by atoms with Crippen LogP contribution in [0.4, 0.5) is 5.13 Å². The molecule has 0 N–H and O–H groups in total. The molecular weight excluding hydrogens is 501 g/mol. The predicted molar refractivity (Wildman–Crippen MR) is 122 cm³/mol. The summed E-state index contributed by atoms with van der Waals surface area (Å²) in [5, 5.41) is 1.21. The Morgan fingerprint density at radius 2 is 2.07 bits per heavy atom. The molecule has 6 nitrogen and oxygen atoms in total. The number of carbonyl (C=O) groups is 1. The standard InChI is InChI=1S/C19H19BrClN3O3S.ClH/c20-16-6-5-14(27-16)18(25)24(8-2-7-23-9-11-26-12-10-23)19-22-17-13(21)3-1-4-15(17)28-19;/h1,3-6H,2,7-12H2;1H. The lowest BCUT2D eigenvalue weighted by Crippen LogP contribution is -2.39. The summed E-state index contributed by atoms with van der Waals surface area (Å²) >= 11 is 11.0. The molecule has 0 spiro atoms. The van der Waals surface area contributed by atoms with E-state index in [2.05, 4.69) is 25.8 Å². The molecule has 10 heteroatoms. The van der Waals surface area contributed by atoms with Crippen molar-refractivity contribution in [1.82, 2.24) is 9.88 Å². The number of amides is 1. The van der Waals surface area contributed by atoms with Gasteiger partial charge in [-0.3, -0.25) is 14.6 Å². The Balaban J connectivity index is 0.00000240. The number of para-hydroxylation sites is 1. The van der Waals surface area contributed by atoms with E-state index in [0.29, 0.717) is 21.4 Å². The van der Waals surface area contributed by atoms with Gasteiger partial charge in [-0.1, -0.05) is 29.0 Å². The lowest BCUT2D eigenvalue weighted by molar-refractivity contribution is 0.0376. The summed E-state index contributed by atoms with van der Waals surface area (Å²) in [5.74, 6) is 0.0754. The minimum atomic E-state index is -0.206. The van der Waals surface area contributed by atoms with Crippen LogP contribution in [-0.4, -0.2) is 55.2 Å². The summed E-state index contributed by atoms with van der Waals surface area (Å²) in [5.41, 5.74) is 0.718. The Bertz CT molecular complexity index is 975. The number of nitrogens with zero attached hydrogens (tertiary/aromatic N) is 3. The first-order valence-electron chi connectivity index (χ1n) is 9.04. The summed E-state index contributed by atoms with van der Waals surface area (Å²) in [6.07, 6.45) is 0.831. The van der Waals surface area contributed by atoms with Gasteiger partial charge in [-0.15, -0.1) is 12.4 Å². The van der Waals surface area contributed by atoms with Crippen LogP contribution in [0.3, 0.4) is 0 Å². The van der Waals surface area contributed by atoms with Gasteiger partial charge in [0.05, 0.1) is 22.9 Å². The maximum absolute atomic E-state index is 13.1. The van der Waals surface area contributed by atoms with Gasteiger partial charge in [-0.2, -0.15) is 0 Å². The highest BCUT2D eigenvalue weighted by Crippen LogP contribution is 2.33. The zero-order chi connectivity index (χ0) is 19.5. The fourth-order valence-electron chi connectivity index (χ4n) is 3.14. The first kappa shape index (κ1) is 22.5. The Morgan fingerprint density at radius 1 is 1.28 bits per heavy atom. The quantitative estimate of drug-likeness (QED) is 0.452. The Kier molecular flexibility index (Phi) is 7.95. The number of fused-ring (bicyclic) bond motifs is 1. The van der Waals surface area contributed by atoms with Crippen LogP contribution in [0.5, 0.6) is 0 Å². The monoisotopic (exact) mass is 519 g/mol. The third-order valence-electron chi connectivity index (χ3n) is 4.58. The number of hydrogen-bond acceptors (Lipinski definition) is 6. The average Bonchev–Trinajstić information content (AvgIpc) is 3.33. The van der Waals surface area contributed by atoms with E-state index < -0.39 is 0 Å². The summed E-state index contributed by atoms with van der Waals surface area (Å²) < 4.78 is 12.4. The van der Waals surface area contributed by atoms with Crippen LogP contribution in [0, 0.1) is 0 Å². The fourth-order valence-corrected chi connectivity index (χ4v) is 4.74. The van der Waals surface area contributed by atoms with E-state index in [4.69, 9.17) is 20.8 Å². The van der Waals surface area contributed by atoms with Gasteiger partial charge in [-0.05, 0) is 46.6 Å². The van der Waals surface area contributed by atoms with Crippen molar-refractivity contribution in [2.75, 3.05) is 44.3 Å². The van der Waals surface area contributed by atoms with Gasteiger partial charge < -0.3 is 9.15 Å². The van der Waals surface area contributed by atoms with E-state index in [9.17, 15) is 4.79 Å². The molecule has 0 radical (unpaired) electrons. The van der Waals surface area contributed by atoms with Crippen molar-refractivity contribution in [3.05, 3.63) is 45.8 Å². The zero-order valence-electron chi connectivity index (χ0n) is 15.5. The molecule has 1 aliphatic rings. The summed E-state index contributed by atoms with van der Waals surface area (Å²) in [6.45, 7) is 4.83. The zero-order valence-corrected chi connectivity index (χ0v) is 19.5. The molecule has 0 bridgehead atoms. The predicted octanol–water partition coefficient (Wildman–Crippen LogP) is 5.10. The Labute approximate surface area is 192 Å². The topological polar surface area (TPSA) is 58.8 Å². The second-order valence-electron chi connectivity index (χ2n) is 6.45. The second kappa shape index (κ2) is 10.2. The molecule has 0 unspecified atom stereocenters. The molecule has 0 aliphatic carbocycles. The number of rotatable bonds is 6. The Morgan fingerprint density at radius 3 is 2.76 bits per heavy atom. The minimum Gasteiger partial charge on any atom is -0.444 e. The third kappa shape index (κ3) is 5.31. The van der Waals surface area contributed by atoms with Crippen molar-refractivity contribution in [3.63, 3.8) is 0 Å². The number of hydrogen-bond donors (Lipinski definition) is 0. The lowest BCUT2D eigenvalue weighted by Gasteiger charge is -2.27. The normalized spacial score (nSPS) is 14.7. The number of ether oxygens (including phenoxy) is 1. The molecule has 0 saturated carbocycles. The van der Waals surface area contributed by atoms with E-state index in [-0.39, 0.29) is 24.1 Å². The number of furan rings is 1. The van der Waals surface area contributed by atoms with Crippen molar-refractivity contribution in [2.45, 2.75) is 6.42 Å². The lowest BCUT2D eigenvalue weighted by atomic mass is 10.3. The summed E-state index contributed by atoms with van der Waals surface area (Å²) in [4.78, 5) is 21.8. The van der Waals surface area contributed by atoms with Crippen LogP contribution in [0.15, 0.2) is 39.4 Å². The molecule has 1 amide bonds. The van der Waals surface area contributed by atoms with Crippen LogP contribution in [0.2, 0.25) is 5.02 Å². The van der Waals surface area contributed by atoms with E-state index >= 15 is 0 Å². The molecule has 29 heavy (non-hydrogen) atoms. The highest BCUT2D eigenvalue weighted by molar-refractivity contribution is 9.10. The number of halogens is 3. The van der Waals surface area contributed by atoms with Crippen LogP contribution < -0.4 is 4.90 Å². The average molecular weight is 521 g/mol. The van der Waals surface area contributed by atoms with E-state index in [1.54, 1.807) is 17.0 Å². The van der Waals surface area contributed by atoms with Crippen molar-refractivity contribution in [1.29, 1.82) is 0 Å². The van der Waals surface area contributed by atoms with Crippen molar-refractivity contribution in [2.24, 2.45) is 0 Å². The smallest absolute Gasteiger partial charge is 0.295 e. The molecule has 156 valence electrons. The largest absolute Gasteiger partial charge is 0.444 e. The third-order valence-corrected chi connectivity index (χ3v) is 6.35. The number of morpholine rings is 1. The molecule has 1 aromatic carbocycles. The molecule has 4 rings (SSSR count). The van der Waals surface area contributed by atoms with Crippen molar-refractivity contribution >= 4 is 72.5 Å². The molecule has 3 aromatic rings. The molecular formula is C19H20BrCl2N3O3S. The number of benzene rings is 1. The first-order valence-corrected chi connectivity index (χ1v) is 11.0. The van der Waals surface area contributed by atoms with E-state index in [1.165, 1.54) is 11.3 Å². The van der Waals surface area contributed by atoms with Gasteiger partial charge in [0.1, 0.15) is 5.52 Å². The van der Waals surface area contributed by atoms with Crippen molar-refractivity contribution < 1.29 is 13.9 Å². The highest BCUT2D eigenvalue weighted by atomic mass is 79.9. The fraction of sp³-hybridized carbons (Fsp3) is 0.368. The van der Waals surface area contributed by atoms with Crippen LogP contribution in [0.25, 0.3) is 10.2 Å². The maximum Gasteiger partial charge on any atom is 0.295 e. The molecule has 1 fully saturated rings. The van der Waals surface area contributed by atoms with Gasteiger partial charge in [0.15, 0.2) is 15.6 Å². The van der Waals surface area contributed by atoms with Gasteiger partial charge in [0.2, 0.25) is 0 Å². The number of anilines is 1. The second-order valence-corrected chi connectivity index (χ2v) is 8.65. The van der Waals surface area contributed by atoms with Gasteiger partial charge in [0.25, 0.3) is 5.91 Å². The first-order chi connectivity index (χ1) is 13.6. The number of aromatic nitrogens is 1. The van der Waals surface area contributed by atoms with E-state index in [1.807, 2.05) is 18.2 Å². The van der Waals surface area contributed by atoms with Crippen LogP contribution >= 0.6 is 51.3 Å². The minimum absolute atomic E-state index is 0. The molecule has 0 atom stereocenters. The summed E-state index contributed by atoms with van der Waals surface area (Å²) in [7, 11) is 0. The Hall–Kier alpha value is -1.16.